The van der Waals surface area contributed by atoms with Crippen LogP contribution in [0.25, 0.3) is 0 Å². The van der Waals surface area contributed by atoms with E-state index >= 15 is 0 Å². The molecule has 1 aliphatic rings. The maximum atomic E-state index is 11.0. The Hall–Kier alpha value is -3.32. The Morgan fingerprint density at radius 3 is 1.53 bits per heavy atom. The van der Waals surface area contributed by atoms with Crippen LogP contribution in [-0.4, -0.2) is 62.1 Å². The van der Waals surface area contributed by atoms with E-state index in [2.05, 4.69) is 0 Å². The van der Waals surface area contributed by atoms with Gasteiger partial charge in [0.25, 0.3) is 0 Å². The van der Waals surface area contributed by atoms with Crippen LogP contribution in [0.2, 0.25) is 0 Å². The Labute approximate surface area is 182 Å². The number of benzene rings is 2. The van der Waals surface area contributed by atoms with Crippen LogP contribution in [0.5, 0.6) is 11.5 Å². The zero-order valence-electron chi connectivity index (χ0n) is 17.0. The van der Waals surface area contributed by atoms with E-state index in [1.807, 2.05) is 0 Å². The summed E-state index contributed by atoms with van der Waals surface area (Å²) < 4.78 is 33.0. The molecule has 172 valence electrons. The first-order valence-corrected chi connectivity index (χ1v) is 9.75. The molecule has 0 aromatic heterocycles. The summed E-state index contributed by atoms with van der Waals surface area (Å²) in [5, 5.41) is 22.0. The van der Waals surface area contributed by atoms with Crippen molar-refractivity contribution >= 4 is 11.4 Å². The molecule has 1 heterocycles. The number of nitrogens with zero attached hydrogens (tertiary/aromatic N) is 2. The minimum Gasteiger partial charge on any atom is -0.484 e. The molecule has 1 fully saturated rings. The van der Waals surface area contributed by atoms with Crippen molar-refractivity contribution in [3.63, 3.8) is 0 Å². The topological polar surface area (TPSA) is 142 Å². The molecule has 0 unspecified atom stereocenters. The van der Waals surface area contributed by atoms with Gasteiger partial charge in [0, 0.05) is 12.1 Å². The van der Waals surface area contributed by atoms with Crippen molar-refractivity contribution in [1.29, 1.82) is 0 Å². The van der Waals surface area contributed by atoms with E-state index in [1.54, 1.807) is 24.3 Å². The Balaban J connectivity index is 1.41. The van der Waals surface area contributed by atoms with Gasteiger partial charge in [-0.1, -0.05) is 24.3 Å². The van der Waals surface area contributed by atoms with Crippen molar-refractivity contribution in [1.82, 2.24) is 0 Å². The van der Waals surface area contributed by atoms with Gasteiger partial charge in [-0.05, 0) is 12.1 Å². The summed E-state index contributed by atoms with van der Waals surface area (Å²) in [5.74, 6) is 0.281. The molecule has 32 heavy (non-hydrogen) atoms. The number of nitro groups is 2. The third-order valence-corrected chi connectivity index (χ3v) is 4.24. The van der Waals surface area contributed by atoms with Crippen LogP contribution in [0.4, 0.5) is 11.4 Å². The Kier molecular flexibility index (Phi) is 8.69. The highest BCUT2D eigenvalue weighted by molar-refractivity contribution is 5.46. The van der Waals surface area contributed by atoms with Gasteiger partial charge in [-0.3, -0.25) is 20.2 Å². The van der Waals surface area contributed by atoms with Gasteiger partial charge in [0.2, 0.25) is 12.6 Å². The van der Waals surface area contributed by atoms with Gasteiger partial charge in [0.05, 0.1) is 36.3 Å². The standard InChI is InChI=1S/C20H22N2O10/c23-21(24)15-5-1-3-7-17(15)27-9-11-29-19-20(32-14-13-31-19)30-12-10-28-18-8-4-2-6-16(18)22(25)26/h1-8,19-20H,9-14H2/t19-,20-/m0/s1. The molecule has 12 nitrogen and oxygen atoms in total. The SMILES string of the molecule is O=[N+]([O-])c1ccccc1OCCO[C@H]1OCCO[C@@H]1OCCOc1ccccc1[N+](=O)[O-]. The minimum atomic E-state index is -0.829. The average molecular weight is 450 g/mol. The fraction of sp³-hybridized carbons (Fsp3) is 0.400. The lowest BCUT2D eigenvalue weighted by molar-refractivity contribution is -0.386. The summed E-state index contributed by atoms with van der Waals surface area (Å²) in [6, 6.07) is 12.1. The highest BCUT2D eigenvalue weighted by Crippen LogP contribution is 2.26. The van der Waals surface area contributed by atoms with Crippen LogP contribution in [0.1, 0.15) is 0 Å². The molecule has 2 atom stereocenters. The summed E-state index contributed by atoms with van der Waals surface area (Å²) in [6.45, 7) is 0.875. The number of ether oxygens (including phenoxy) is 6. The predicted octanol–water partition coefficient (Wildman–Crippen LogP) is 2.69. The lowest BCUT2D eigenvalue weighted by atomic mass is 10.3. The number of hydrogen-bond donors (Lipinski definition) is 0. The van der Waals surface area contributed by atoms with Gasteiger partial charge in [-0.15, -0.1) is 0 Å². The first-order chi connectivity index (χ1) is 15.6. The zero-order chi connectivity index (χ0) is 22.8. The first kappa shape index (κ1) is 23.3. The fourth-order valence-electron chi connectivity index (χ4n) is 2.83. The van der Waals surface area contributed by atoms with Crippen LogP contribution in [0.3, 0.4) is 0 Å². The number of hydrogen-bond acceptors (Lipinski definition) is 10. The fourth-order valence-corrected chi connectivity index (χ4v) is 2.83. The second kappa shape index (κ2) is 11.9. The molecule has 3 rings (SSSR count). The van der Waals surface area contributed by atoms with Crippen molar-refractivity contribution in [2.75, 3.05) is 39.6 Å². The van der Waals surface area contributed by atoms with Crippen LogP contribution < -0.4 is 9.47 Å². The van der Waals surface area contributed by atoms with E-state index < -0.39 is 22.4 Å². The van der Waals surface area contributed by atoms with E-state index in [-0.39, 0.29) is 49.3 Å². The monoisotopic (exact) mass is 450 g/mol. The molecule has 2 aromatic carbocycles. The van der Waals surface area contributed by atoms with Crippen molar-refractivity contribution in [2.24, 2.45) is 0 Å². The van der Waals surface area contributed by atoms with Crippen molar-refractivity contribution in [3.8, 4) is 11.5 Å². The van der Waals surface area contributed by atoms with E-state index in [0.29, 0.717) is 13.2 Å². The first-order valence-electron chi connectivity index (χ1n) is 9.75. The van der Waals surface area contributed by atoms with Crippen LogP contribution in [0.15, 0.2) is 48.5 Å². The van der Waals surface area contributed by atoms with Gasteiger partial charge >= 0.3 is 11.4 Å². The number of nitro benzene ring substituents is 2. The third-order valence-electron chi connectivity index (χ3n) is 4.24. The molecule has 2 aromatic rings. The molecular weight excluding hydrogens is 428 g/mol. The van der Waals surface area contributed by atoms with Crippen LogP contribution >= 0.6 is 0 Å². The lowest BCUT2D eigenvalue weighted by Gasteiger charge is -2.31. The van der Waals surface area contributed by atoms with Gasteiger partial charge in [0.15, 0.2) is 11.5 Å². The quantitative estimate of drug-likeness (QED) is 0.269. The minimum absolute atomic E-state index is 0.0538. The highest BCUT2D eigenvalue weighted by Gasteiger charge is 2.28. The summed E-state index contributed by atoms with van der Waals surface area (Å²) in [4.78, 5) is 21.0. The molecule has 0 spiro atoms. The molecule has 0 saturated carbocycles. The van der Waals surface area contributed by atoms with E-state index in [0.717, 1.165) is 0 Å². The molecule has 0 bridgehead atoms. The van der Waals surface area contributed by atoms with Crippen molar-refractivity contribution in [3.05, 3.63) is 68.8 Å². The van der Waals surface area contributed by atoms with Gasteiger partial charge in [-0.2, -0.15) is 0 Å². The Morgan fingerprint density at radius 2 is 1.12 bits per heavy atom. The van der Waals surface area contributed by atoms with Gasteiger partial charge < -0.3 is 28.4 Å². The normalized spacial score (nSPS) is 18.1. The number of para-hydroxylation sites is 4. The summed E-state index contributed by atoms with van der Waals surface area (Å²) in [7, 11) is 0. The molecule has 0 N–H and O–H groups in total. The molecule has 0 amide bonds. The van der Waals surface area contributed by atoms with Crippen LogP contribution in [-0.2, 0) is 18.9 Å². The zero-order valence-corrected chi connectivity index (χ0v) is 17.0. The third kappa shape index (κ3) is 6.59. The Morgan fingerprint density at radius 1 is 0.719 bits per heavy atom. The van der Waals surface area contributed by atoms with Crippen molar-refractivity contribution in [2.45, 2.75) is 12.6 Å². The van der Waals surface area contributed by atoms with Gasteiger partial charge in [0.1, 0.15) is 13.2 Å². The van der Waals surface area contributed by atoms with Crippen molar-refractivity contribution < 1.29 is 38.3 Å². The molecule has 0 radical (unpaired) electrons. The van der Waals surface area contributed by atoms with E-state index in [1.165, 1.54) is 24.3 Å². The second-order valence-corrected chi connectivity index (χ2v) is 6.37. The largest absolute Gasteiger partial charge is 0.484 e. The molecule has 1 saturated heterocycles. The maximum absolute atomic E-state index is 11.0. The Bertz CT molecular complexity index is 836. The average Bonchev–Trinajstić information content (AvgIpc) is 2.80. The predicted molar refractivity (Wildman–Crippen MR) is 109 cm³/mol. The van der Waals surface area contributed by atoms with E-state index in [9.17, 15) is 20.2 Å². The van der Waals surface area contributed by atoms with Crippen LogP contribution in [0, 0.1) is 20.2 Å². The summed E-state index contributed by atoms with van der Waals surface area (Å²) in [5.41, 5.74) is -0.269. The second-order valence-electron chi connectivity index (χ2n) is 6.37. The van der Waals surface area contributed by atoms with E-state index in [4.69, 9.17) is 28.4 Å². The molecule has 1 aliphatic heterocycles. The van der Waals surface area contributed by atoms with Gasteiger partial charge in [-0.25, -0.2) is 0 Å². The smallest absolute Gasteiger partial charge is 0.310 e. The number of rotatable bonds is 12. The highest BCUT2D eigenvalue weighted by atomic mass is 16.8. The lowest BCUT2D eigenvalue weighted by Crippen LogP contribution is -2.43. The molecule has 12 heteroatoms. The molecule has 0 aliphatic carbocycles. The summed E-state index contributed by atoms with van der Waals surface area (Å²) >= 11 is 0. The maximum Gasteiger partial charge on any atom is 0.310 e. The summed E-state index contributed by atoms with van der Waals surface area (Å²) in [6.07, 6.45) is -1.66. The molecular formula is C20H22N2O10.